The maximum absolute atomic E-state index is 12.2. The van der Waals surface area contributed by atoms with Gasteiger partial charge in [-0.15, -0.1) is 10.2 Å². The van der Waals surface area contributed by atoms with Crippen LogP contribution < -0.4 is 10.6 Å². The zero-order chi connectivity index (χ0) is 17.5. The summed E-state index contributed by atoms with van der Waals surface area (Å²) in [5.74, 6) is 0.418. The summed E-state index contributed by atoms with van der Waals surface area (Å²) in [4.78, 5) is 14.3. The Morgan fingerprint density at radius 3 is 2.50 bits per heavy atom. The molecule has 1 aromatic carbocycles. The molecule has 2 N–H and O–H groups in total. The van der Waals surface area contributed by atoms with Crippen molar-refractivity contribution in [3.63, 3.8) is 0 Å². The molecule has 128 valence electrons. The van der Waals surface area contributed by atoms with Crippen molar-refractivity contribution < 1.29 is 4.79 Å². The predicted molar refractivity (Wildman–Crippen MR) is 97.6 cm³/mol. The third-order valence-electron chi connectivity index (χ3n) is 3.75. The van der Waals surface area contributed by atoms with E-state index in [4.69, 9.17) is 0 Å². The molecule has 0 bridgehead atoms. The summed E-state index contributed by atoms with van der Waals surface area (Å²) in [6.45, 7) is 5.89. The van der Waals surface area contributed by atoms with Crippen LogP contribution in [-0.4, -0.2) is 48.2 Å². The number of aryl methyl sites for hydroxylation is 2. The highest BCUT2D eigenvalue weighted by Gasteiger charge is 2.09. The van der Waals surface area contributed by atoms with Gasteiger partial charge >= 0.3 is 0 Å². The molecule has 0 atom stereocenters. The number of anilines is 2. The van der Waals surface area contributed by atoms with E-state index < -0.39 is 0 Å². The molecule has 2 rings (SSSR count). The van der Waals surface area contributed by atoms with E-state index in [1.807, 2.05) is 46.1 Å². The van der Waals surface area contributed by atoms with E-state index in [2.05, 4.69) is 25.7 Å². The van der Waals surface area contributed by atoms with E-state index in [9.17, 15) is 4.79 Å². The monoisotopic (exact) mass is 327 g/mol. The van der Waals surface area contributed by atoms with E-state index in [0.29, 0.717) is 11.5 Å². The first kappa shape index (κ1) is 17.9. The summed E-state index contributed by atoms with van der Waals surface area (Å²) in [6.07, 6.45) is 1.02. The van der Waals surface area contributed by atoms with Gasteiger partial charge in [-0.05, 0) is 76.3 Å². The molecule has 0 saturated heterocycles. The molecule has 1 aromatic heterocycles. The molecular weight excluding hydrogens is 302 g/mol. The quantitative estimate of drug-likeness (QED) is 0.765. The lowest BCUT2D eigenvalue weighted by atomic mass is 10.1. The fourth-order valence-corrected chi connectivity index (χ4v) is 2.17. The van der Waals surface area contributed by atoms with Crippen LogP contribution in [0.2, 0.25) is 0 Å². The number of aromatic nitrogens is 2. The van der Waals surface area contributed by atoms with Gasteiger partial charge in [0.1, 0.15) is 5.82 Å². The van der Waals surface area contributed by atoms with E-state index in [1.54, 1.807) is 12.1 Å². The smallest absolute Gasteiger partial charge is 0.276 e. The van der Waals surface area contributed by atoms with Crippen molar-refractivity contribution in [2.45, 2.75) is 20.3 Å². The van der Waals surface area contributed by atoms with Crippen LogP contribution in [0.3, 0.4) is 0 Å². The molecule has 0 spiro atoms. The van der Waals surface area contributed by atoms with Crippen LogP contribution in [-0.2, 0) is 0 Å². The number of benzene rings is 1. The van der Waals surface area contributed by atoms with Crippen molar-refractivity contribution >= 4 is 17.4 Å². The molecule has 24 heavy (non-hydrogen) atoms. The van der Waals surface area contributed by atoms with Gasteiger partial charge in [-0.1, -0.05) is 6.07 Å². The van der Waals surface area contributed by atoms with Gasteiger partial charge in [0.15, 0.2) is 5.69 Å². The summed E-state index contributed by atoms with van der Waals surface area (Å²) >= 11 is 0. The Kier molecular flexibility index (Phi) is 6.26. The summed E-state index contributed by atoms with van der Waals surface area (Å²) in [5.41, 5.74) is 3.39. The number of carbonyl (C=O) groups excluding carboxylic acids is 1. The predicted octanol–water partition coefficient (Wildman–Crippen LogP) is 2.71. The average Bonchev–Trinajstić information content (AvgIpc) is 2.55. The van der Waals surface area contributed by atoms with Crippen molar-refractivity contribution in [3.8, 4) is 0 Å². The lowest BCUT2D eigenvalue weighted by Gasteiger charge is -2.10. The van der Waals surface area contributed by atoms with Crippen molar-refractivity contribution in [2.24, 2.45) is 0 Å². The molecular formula is C18H25N5O. The summed E-state index contributed by atoms with van der Waals surface area (Å²) in [5, 5.41) is 14.1. The van der Waals surface area contributed by atoms with E-state index in [0.717, 1.165) is 30.8 Å². The van der Waals surface area contributed by atoms with Gasteiger partial charge in [0, 0.05) is 12.2 Å². The summed E-state index contributed by atoms with van der Waals surface area (Å²) in [7, 11) is 4.09. The Morgan fingerprint density at radius 1 is 1.08 bits per heavy atom. The van der Waals surface area contributed by atoms with Gasteiger partial charge in [-0.25, -0.2) is 0 Å². The average molecular weight is 327 g/mol. The maximum Gasteiger partial charge on any atom is 0.276 e. The number of nitrogens with zero attached hydrogens (tertiary/aromatic N) is 3. The molecule has 0 fully saturated rings. The standard InChI is InChI=1S/C18H25N5O/c1-13-6-7-15(12-14(13)2)20-18(24)16-8-9-17(22-21-16)19-10-5-11-23(3)4/h6-9,12H,5,10-11H2,1-4H3,(H,19,22)(H,20,24). The minimum atomic E-state index is -0.259. The molecule has 1 heterocycles. The highest BCUT2D eigenvalue weighted by molar-refractivity contribution is 6.02. The first-order valence-corrected chi connectivity index (χ1v) is 8.06. The SMILES string of the molecule is Cc1ccc(NC(=O)c2ccc(NCCCN(C)C)nn2)cc1C. The Morgan fingerprint density at radius 2 is 1.88 bits per heavy atom. The van der Waals surface area contributed by atoms with Crippen LogP contribution in [0.25, 0.3) is 0 Å². The van der Waals surface area contributed by atoms with E-state index in [-0.39, 0.29) is 5.91 Å². The highest BCUT2D eigenvalue weighted by Crippen LogP contribution is 2.15. The zero-order valence-electron chi connectivity index (χ0n) is 14.8. The van der Waals surface area contributed by atoms with Crippen LogP contribution in [0, 0.1) is 13.8 Å². The second-order valence-electron chi connectivity index (χ2n) is 6.14. The van der Waals surface area contributed by atoms with Crippen LogP contribution >= 0.6 is 0 Å². The first-order valence-electron chi connectivity index (χ1n) is 8.06. The molecule has 0 aliphatic carbocycles. The number of hydrogen-bond acceptors (Lipinski definition) is 5. The van der Waals surface area contributed by atoms with Crippen LogP contribution in [0.4, 0.5) is 11.5 Å². The Labute approximate surface area is 143 Å². The summed E-state index contributed by atoms with van der Waals surface area (Å²) in [6, 6.07) is 9.27. The second-order valence-corrected chi connectivity index (χ2v) is 6.14. The number of hydrogen-bond donors (Lipinski definition) is 2. The number of carbonyl (C=O) groups is 1. The Hall–Kier alpha value is -2.47. The van der Waals surface area contributed by atoms with Crippen LogP contribution in [0.15, 0.2) is 30.3 Å². The van der Waals surface area contributed by atoms with Crippen molar-refractivity contribution in [3.05, 3.63) is 47.2 Å². The second kappa shape index (κ2) is 8.40. The summed E-state index contributed by atoms with van der Waals surface area (Å²) < 4.78 is 0. The molecule has 0 aliphatic heterocycles. The normalized spacial score (nSPS) is 10.7. The van der Waals surface area contributed by atoms with Gasteiger partial charge in [0.25, 0.3) is 5.91 Å². The lowest BCUT2D eigenvalue weighted by Crippen LogP contribution is -2.17. The lowest BCUT2D eigenvalue weighted by molar-refractivity contribution is 0.102. The minimum Gasteiger partial charge on any atom is -0.369 e. The molecule has 0 radical (unpaired) electrons. The van der Waals surface area contributed by atoms with Crippen LogP contribution in [0.5, 0.6) is 0 Å². The number of amides is 1. The molecule has 0 unspecified atom stereocenters. The van der Waals surface area contributed by atoms with Gasteiger partial charge < -0.3 is 15.5 Å². The highest BCUT2D eigenvalue weighted by atomic mass is 16.1. The number of nitrogens with one attached hydrogen (secondary N) is 2. The largest absolute Gasteiger partial charge is 0.369 e. The van der Waals surface area contributed by atoms with E-state index in [1.165, 1.54) is 5.56 Å². The minimum absolute atomic E-state index is 0.259. The molecule has 0 aliphatic rings. The van der Waals surface area contributed by atoms with Gasteiger partial charge in [-0.2, -0.15) is 0 Å². The van der Waals surface area contributed by atoms with E-state index >= 15 is 0 Å². The molecule has 6 heteroatoms. The fraction of sp³-hybridized carbons (Fsp3) is 0.389. The fourth-order valence-electron chi connectivity index (χ4n) is 2.17. The number of rotatable bonds is 7. The van der Waals surface area contributed by atoms with Crippen molar-refractivity contribution in [1.82, 2.24) is 15.1 Å². The van der Waals surface area contributed by atoms with Gasteiger partial charge in [-0.3, -0.25) is 4.79 Å². The van der Waals surface area contributed by atoms with Crippen molar-refractivity contribution in [1.29, 1.82) is 0 Å². The Bertz CT molecular complexity index is 682. The third-order valence-corrected chi connectivity index (χ3v) is 3.75. The zero-order valence-corrected chi connectivity index (χ0v) is 14.8. The van der Waals surface area contributed by atoms with Crippen molar-refractivity contribution in [2.75, 3.05) is 37.8 Å². The topological polar surface area (TPSA) is 70.2 Å². The molecule has 2 aromatic rings. The third kappa shape index (κ3) is 5.31. The molecule has 0 saturated carbocycles. The van der Waals surface area contributed by atoms with Gasteiger partial charge in [0.05, 0.1) is 0 Å². The van der Waals surface area contributed by atoms with Gasteiger partial charge in [0.2, 0.25) is 0 Å². The molecule has 1 amide bonds. The first-order chi connectivity index (χ1) is 11.5. The van der Waals surface area contributed by atoms with Crippen LogP contribution in [0.1, 0.15) is 28.0 Å². The Balaban J connectivity index is 1.89. The molecule has 6 nitrogen and oxygen atoms in total. The maximum atomic E-state index is 12.2.